The van der Waals surface area contributed by atoms with Gasteiger partial charge in [0.25, 0.3) is 11.8 Å². The number of carbonyl (C=O) groups excluding carboxylic acids is 2. The highest BCUT2D eigenvalue weighted by Gasteiger charge is 2.08. The number of benzene rings is 2. The van der Waals surface area contributed by atoms with Crippen LogP contribution in [-0.4, -0.2) is 18.9 Å². The summed E-state index contributed by atoms with van der Waals surface area (Å²) in [5, 5.41) is 5.62. The molecule has 0 aliphatic carbocycles. The third-order valence-electron chi connectivity index (χ3n) is 3.62. The number of amides is 2. The number of allylic oxidation sites excluding steroid dienone is 1. The highest BCUT2D eigenvalue weighted by atomic mass is 16.5. The summed E-state index contributed by atoms with van der Waals surface area (Å²) in [5.41, 5.74) is 2.51. The number of hydrogen-bond acceptors (Lipinski definition) is 3. The molecular formula is C20H22N2O3. The average molecular weight is 338 g/mol. The van der Waals surface area contributed by atoms with Gasteiger partial charge in [-0.1, -0.05) is 13.0 Å². The van der Waals surface area contributed by atoms with Crippen molar-refractivity contribution in [3.05, 3.63) is 65.7 Å². The first-order valence-corrected chi connectivity index (χ1v) is 8.07. The van der Waals surface area contributed by atoms with E-state index in [1.807, 2.05) is 13.0 Å². The molecule has 0 radical (unpaired) electrons. The monoisotopic (exact) mass is 338 g/mol. The van der Waals surface area contributed by atoms with Crippen LogP contribution in [0.3, 0.4) is 0 Å². The molecule has 2 aromatic carbocycles. The van der Waals surface area contributed by atoms with E-state index in [0.717, 1.165) is 12.2 Å². The molecule has 5 heteroatoms. The second-order valence-electron chi connectivity index (χ2n) is 5.51. The van der Waals surface area contributed by atoms with Gasteiger partial charge in [-0.25, -0.2) is 0 Å². The molecule has 2 aromatic rings. The van der Waals surface area contributed by atoms with Crippen LogP contribution in [0.25, 0.3) is 0 Å². The van der Waals surface area contributed by atoms with E-state index in [1.165, 1.54) is 0 Å². The summed E-state index contributed by atoms with van der Waals surface area (Å²) in [6, 6.07) is 13.9. The Morgan fingerprint density at radius 1 is 0.960 bits per heavy atom. The van der Waals surface area contributed by atoms with E-state index in [0.29, 0.717) is 22.5 Å². The fraction of sp³-hybridized carbons (Fsp3) is 0.200. The molecule has 5 nitrogen and oxygen atoms in total. The van der Waals surface area contributed by atoms with Crippen molar-refractivity contribution < 1.29 is 14.3 Å². The van der Waals surface area contributed by atoms with Gasteiger partial charge >= 0.3 is 0 Å². The summed E-state index contributed by atoms with van der Waals surface area (Å²) >= 11 is 0. The lowest BCUT2D eigenvalue weighted by molar-refractivity contribution is -0.112. The third kappa shape index (κ3) is 5.21. The van der Waals surface area contributed by atoms with Gasteiger partial charge in [0.05, 0.1) is 7.11 Å². The van der Waals surface area contributed by atoms with Crippen LogP contribution in [0.15, 0.2) is 60.2 Å². The van der Waals surface area contributed by atoms with Crippen LogP contribution in [-0.2, 0) is 4.79 Å². The van der Waals surface area contributed by atoms with Crippen LogP contribution >= 0.6 is 0 Å². The molecule has 0 unspecified atom stereocenters. The van der Waals surface area contributed by atoms with E-state index >= 15 is 0 Å². The molecule has 2 amide bonds. The number of rotatable bonds is 6. The fourth-order valence-electron chi connectivity index (χ4n) is 2.21. The van der Waals surface area contributed by atoms with Crippen LogP contribution in [0.2, 0.25) is 0 Å². The van der Waals surface area contributed by atoms with Crippen LogP contribution in [0.4, 0.5) is 11.4 Å². The number of carbonyl (C=O) groups is 2. The molecule has 0 bridgehead atoms. The number of methoxy groups -OCH3 is 1. The topological polar surface area (TPSA) is 67.4 Å². The van der Waals surface area contributed by atoms with Gasteiger partial charge in [-0.3, -0.25) is 9.59 Å². The summed E-state index contributed by atoms with van der Waals surface area (Å²) in [6.45, 7) is 3.75. The molecule has 0 atom stereocenters. The second-order valence-corrected chi connectivity index (χ2v) is 5.51. The number of hydrogen-bond donors (Lipinski definition) is 2. The van der Waals surface area contributed by atoms with E-state index in [-0.39, 0.29) is 11.8 Å². The highest BCUT2D eigenvalue weighted by molar-refractivity contribution is 6.05. The van der Waals surface area contributed by atoms with Crippen LogP contribution in [0.1, 0.15) is 30.6 Å². The van der Waals surface area contributed by atoms with Gasteiger partial charge in [0, 0.05) is 22.5 Å². The van der Waals surface area contributed by atoms with Gasteiger partial charge < -0.3 is 15.4 Å². The summed E-state index contributed by atoms with van der Waals surface area (Å²) < 4.78 is 5.08. The van der Waals surface area contributed by atoms with Crippen molar-refractivity contribution in [2.75, 3.05) is 17.7 Å². The minimum absolute atomic E-state index is 0.141. The fourth-order valence-corrected chi connectivity index (χ4v) is 2.21. The summed E-state index contributed by atoms with van der Waals surface area (Å²) in [7, 11) is 1.59. The first-order valence-electron chi connectivity index (χ1n) is 8.07. The molecule has 0 aromatic heterocycles. The van der Waals surface area contributed by atoms with E-state index in [4.69, 9.17) is 4.74 Å². The molecule has 0 fully saturated rings. The third-order valence-corrected chi connectivity index (χ3v) is 3.62. The zero-order valence-corrected chi connectivity index (χ0v) is 14.6. The molecule has 0 aliphatic heterocycles. The van der Waals surface area contributed by atoms with Crippen LogP contribution < -0.4 is 15.4 Å². The Bertz CT molecular complexity index is 763. The lowest BCUT2D eigenvalue weighted by Gasteiger charge is -2.08. The summed E-state index contributed by atoms with van der Waals surface area (Å²) in [5.74, 6) is 0.368. The largest absolute Gasteiger partial charge is 0.497 e. The molecule has 0 saturated carbocycles. The van der Waals surface area contributed by atoms with Gasteiger partial charge in [0.15, 0.2) is 0 Å². The molecule has 0 spiro atoms. The lowest BCUT2D eigenvalue weighted by Crippen LogP contribution is -2.14. The summed E-state index contributed by atoms with van der Waals surface area (Å²) in [4.78, 5) is 24.2. The maximum Gasteiger partial charge on any atom is 0.255 e. The lowest BCUT2D eigenvalue weighted by atomic mass is 10.1. The zero-order valence-electron chi connectivity index (χ0n) is 14.6. The van der Waals surface area contributed by atoms with Crippen molar-refractivity contribution in [3.63, 3.8) is 0 Å². The Hall–Kier alpha value is -3.08. The SMILES string of the molecule is CC/C=C(/C)C(=O)Nc1ccc(C(=O)Nc2ccc(OC)cc2)cc1. The normalized spacial score (nSPS) is 10.9. The zero-order chi connectivity index (χ0) is 18.2. The van der Waals surface area contributed by atoms with Crippen LogP contribution in [0.5, 0.6) is 5.75 Å². The smallest absolute Gasteiger partial charge is 0.255 e. The molecule has 0 aliphatic rings. The first-order chi connectivity index (χ1) is 12.0. The average Bonchev–Trinajstić information content (AvgIpc) is 2.63. The second kappa shape index (κ2) is 8.68. The van der Waals surface area contributed by atoms with Crippen molar-refractivity contribution in [1.82, 2.24) is 0 Å². The minimum Gasteiger partial charge on any atom is -0.497 e. The molecule has 2 N–H and O–H groups in total. The van der Waals surface area contributed by atoms with Crippen molar-refractivity contribution >= 4 is 23.2 Å². The molecule has 0 heterocycles. The summed E-state index contributed by atoms with van der Waals surface area (Å²) in [6.07, 6.45) is 2.68. The Kier molecular flexibility index (Phi) is 6.34. The van der Waals surface area contributed by atoms with E-state index in [9.17, 15) is 9.59 Å². The Morgan fingerprint density at radius 2 is 1.52 bits per heavy atom. The number of anilines is 2. The molecule has 2 rings (SSSR count). The maximum absolute atomic E-state index is 12.3. The Balaban J connectivity index is 1.99. The van der Waals surface area contributed by atoms with Gasteiger partial charge in [-0.05, 0) is 61.9 Å². The molecule has 0 saturated heterocycles. The Labute approximate surface area is 147 Å². The van der Waals surface area contributed by atoms with E-state index < -0.39 is 0 Å². The predicted octanol–water partition coefficient (Wildman–Crippen LogP) is 4.24. The maximum atomic E-state index is 12.3. The van der Waals surface area contributed by atoms with E-state index in [2.05, 4.69) is 10.6 Å². The van der Waals surface area contributed by atoms with Gasteiger partial charge in [0.2, 0.25) is 0 Å². The van der Waals surface area contributed by atoms with Crippen molar-refractivity contribution in [2.45, 2.75) is 20.3 Å². The standard InChI is InChI=1S/C20H22N2O3/c1-4-5-14(2)19(23)21-16-8-6-15(7-9-16)20(24)22-17-10-12-18(25-3)13-11-17/h5-13H,4H2,1-3H3,(H,21,23)(H,22,24)/b14-5-. The van der Waals surface area contributed by atoms with Crippen molar-refractivity contribution in [3.8, 4) is 5.75 Å². The minimum atomic E-state index is -0.217. The van der Waals surface area contributed by atoms with Gasteiger partial charge in [-0.15, -0.1) is 0 Å². The van der Waals surface area contributed by atoms with Crippen molar-refractivity contribution in [2.24, 2.45) is 0 Å². The predicted molar refractivity (Wildman–Crippen MR) is 100 cm³/mol. The van der Waals surface area contributed by atoms with Crippen molar-refractivity contribution in [1.29, 1.82) is 0 Å². The highest BCUT2D eigenvalue weighted by Crippen LogP contribution is 2.17. The number of nitrogens with one attached hydrogen (secondary N) is 2. The molecule has 25 heavy (non-hydrogen) atoms. The molecule has 130 valence electrons. The van der Waals surface area contributed by atoms with E-state index in [1.54, 1.807) is 62.6 Å². The molecular weight excluding hydrogens is 316 g/mol. The van der Waals surface area contributed by atoms with Gasteiger partial charge in [-0.2, -0.15) is 0 Å². The van der Waals surface area contributed by atoms with Gasteiger partial charge in [0.1, 0.15) is 5.75 Å². The van der Waals surface area contributed by atoms with Crippen LogP contribution in [0, 0.1) is 0 Å². The first kappa shape index (κ1) is 18.3. The Morgan fingerprint density at radius 3 is 2.08 bits per heavy atom. The number of ether oxygens (including phenoxy) is 1. The quantitative estimate of drug-likeness (QED) is 0.774.